The Kier molecular flexibility index (Phi) is 3.42. The number of nitro benzene ring substituents is 1. The number of anilines is 2. The average molecular weight is 262 g/mol. The van der Waals surface area contributed by atoms with E-state index in [1.54, 1.807) is 6.07 Å². The molecule has 2 rings (SSSR count). The molecule has 0 atom stereocenters. The maximum atomic E-state index is 11.0. The largest absolute Gasteiger partial charge is 0.496 e. The number of aldehydes is 1. The van der Waals surface area contributed by atoms with Crippen LogP contribution in [0.25, 0.3) is 0 Å². The first-order valence-corrected chi connectivity index (χ1v) is 5.23. The Hall–Kier alpha value is -2.90. The van der Waals surface area contributed by atoms with Gasteiger partial charge in [-0.3, -0.25) is 20.0 Å². The molecule has 1 aromatic carbocycles. The Bertz CT molecular complexity index is 623. The first-order chi connectivity index (χ1) is 9.15. The minimum Gasteiger partial charge on any atom is -0.496 e. The maximum Gasteiger partial charge on any atom is 0.296 e. The number of hydrogen-bond donors (Lipinski definition) is 2. The summed E-state index contributed by atoms with van der Waals surface area (Å²) in [6, 6.07) is 4.36. The van der Waals surface area contributed by atoms with Crippen LogP contribution in [-0.2, 0) is 0 Å². The number of benzene rings is 1. The summed E-state index contributed by atoms with van der Waals surface area (Å²) in [7, 11) is 1.42. The highest BCUT2D eigenvalue weighted by molar-refractivity contribution is 5.84. The van der Waals surface area contributed by atoms with Gasteiger partial charge in [-0.2, -0.15) is 5.10 Å². The van der Waals surface area contributed by atoms with E-state index >= 15 is 0 Å². The summed E-state index contributed by atoms with van der Waals surface area (Å²) in [6.07, 6.45) is 1.92. The molecule has 0 amide bonds. The maximum absolute atomic E-state index is 11.0. The first-order valence-electron chi connectivity index (χ1n) is 5.23. The minimum atomic E-state index is -0.540. The number of carbonyl (C=O) groups is 1. The third kappa shape index (κ3) is 2.51. The fourth-order valence-corrected chi connectivity index (χ4v) is 1.51. The topological polar surface area (TPSA) is 110 Å². The van der Waals surface area contributed by atoms with E-state index in [9.17, 15) is 14.9 Å². The molecule has 2 N–H and O–H groups in total. The van der Waals surface area contributed by atoms with Crippen molar-refractivity contribution in [3.8, 4) is 5.75 Å². The first kappa shape index (κ1) is 12.6. The van der Waals surface area contributed by atoms with Gasteiger partial charge in [0.25, 0.3) is 5.69 Å². The van der Waals surface area contributed by atoms with Crippen LogP contribution in [0.5, 0.6) is 5.75 Å². The molecule has 19 heavy (non-hydrogen) atoms. The molecule has 1 heterocycles. The number of aromatic amines is 1. The van der Waals surface area contributed by atoms with Gasteiger partial charge in [0.2, 0.25) is 0 Å². The van der Waals surface area contributed by atoms with E-state index in [1.807, 2.05) is 0 Å². The number of H-pyrrole nitrogens is 1. The van der Waals surface area contributed by atoms with Crippen LogP contribution in [0.4, 0.5) is 17.2 Å². The lowest BCUT2D eigenvalue weighted by molar-refractivity contribution is -0.384. The number of carbonyl (C=O) groups excluding carboxylic acids is 1. The summed E-state index contributed by atoms with van der Waals surface area (Å²) in [5.74, 6) is 0.667. The zero-order valence-corrected chi connectivity index (χ0v) is 9.91. The minimum absolute atomic E-state index is 0.161. The van der Waals surface area contributed by atoms with Gasteiger partial charge in [-0.15, -0.1) is 0 Å². The molecular formula is C11H10N4O4. The van der Waals surface area contributed by atoms with Crippen LogP contribution in [0, 0.1) is 10.1 Å². The summed E-state index contributed by atoms with van der Waals surface area (Å²) < 4.78 is 4.93. The molecule has 0 radical (unpaired) electrons. The third-order valence-corrected chi connectivity index (χ3v) is 2.46. The van der Waals surface area contributed by atoms with Gasteiger partial charge in [0, 0.05) is 0 Å². The fraction of sp³-hybridized carbons (Fsp3) is 0.0909. The molecular weight excluding hydrogens is 252 g/mol. The lowest BCUT2D eigenvalue weighted by atomic mass is 10.2. The van der Waals surface area contributed by atoms with Crippen molar-refractivity contribution >= 4 is 23.5 Å². The number of nitrogens with one attached hydrogen (secondary N) is 2. The second-order valence-corrected chi connectivity index (χ2v) is 3.58. The number of methoxy groups -OCH3 is 1. The number of nitro groups is 1. The Morgan fingerprint density at radius 3 is 2.95 bits per heavy atom. The van der Waals surface area contributed by atoms with Gasteiger partial charge in [0.05, 0.1) is 29.9 Å². The van der Waals surface area contributed by atoms with Gasteiger partial charge < -0.3 is 10.1 Å². The summed E-state index contributed by atoms with van der Waals surface area (Å²) in [5.41, 5.74) is 0.356. The Morgan fingerprint density at radius 2 is 2.32 bits per heavy atom. The van der Waals surface area contributed by atoms with E-state index in [2.05, 4.69) is 15.5 Å². The smallest absolute Gasteiger partial charge is 0.296 e. The van der Waals surface area contributed by atoms with Crippen molar-refractivity contribution in [2.24, 2.45) is 0 Å². The quantitative estimate of drug-likeness (QED) is 0.483. The molecule has 8 heteroatoms. The molecule has 0 fully saturated rings. The molecule has 0 unspecified atom stereocenters. The number of nitrogens with zero attached hydrogens (tertiary/aromatic N) is 2. The normalized spacial score (nSPS) is 9.95. The van der Waals surface area contributed by atoms with E-state index in [1.165, 1.54) is 25.4 Å². The molecule has 2 aromatic rings. The summed E-state index contributed by atoms with van der Waals surface area (Å²) in [5, 5.41) is 20.0. The molecule has 1 aromatic heterocycles. The van der Waals surface area contributed by atoms with Gasteiger partial charge in [0.15, 0.2) is 6.29 Å². The average Bonchev–Trinajstić information content (AvgIpc) is 2.86. The SMILES string of the molecule is COc1ccc(Nc2[nH]ncc2C=O)c([N+](=O)[O-])c1. The van der Waals surface area contributed by atoms with Crippen LogP contribution in [0.3, 0.4) is 0 Å². The van der Waals surface area contributed by atoms with E-state index in [0.717, 1.165) is 0 Å². The van der Waals surface area contributed by atoms with Crippen molar-refractivity contribution in [3.05, 3.63) is 40.1 Å². The number of hydrogen-bond acceptors (Lipinski definition) is 6. The molecule has 0 saturated heterocycles. The molecule has 0 spiro atoms. The Morgan fingerprint density at radius 1 is 1.53 bits per heavy atom. The lowest BCUT2D eigenvalue weighted by Gasteiger charge is -2.07. The van der Waals surface area contributed by atoms with Crippen molar-refractivity contribution in [2.75, 3.05) is 12.4 Å². The van der Waals surface area contributed by atoms with Crippen LogP contribution in [0.2, 0.25) is 0 Å². The van der Waals surface area contributed by atoms with Crippen LogP contribution < -0.4 is 10.1 Å². The van der Waals surface area contributed by atoms with Crippen molar-refractivity contribution < 1.29 is 14.5 Å². The van der Waals surface area contributed by atoms with Crippen LogP contribution >= 0.6 is 0 Å². The second kappa shape index (κ2) is 5.17. The molecule has 0 aliphatic heterocycles. The van der Waals surface area contributed by atoms with Crippen molar-refractivity contribution in [1.82, 2.24) is 10.2 Å². The molecule has 98 valence electrons. The van der Waals surface area contributed by atoms with E-state index in [4.69, 9.17) is 4.74 Å². The second-order valence-electron chi connectivity index (χ2n) is 3.58. The number of aromatic nitrogens is 2. The summed E-state index contributed by atoms with van der Waals surface area (Å²) in [4.78, 5) is 21.2. The Labute approximate surface area is 107 Å². The highest BCUT2D eigenvalue weighted by Gasteiger charge is 2.16. The molecule has 8 nitrogen and oxygen atoms in total. The predicted molar refractivity (Wildman–Crippen MR) is 66.9 cm³/mol. The van der Waals surface area contributed by atoms with Crippen molar-refractivity contribution in [3.63, 3.8) is 0 Å². The van der Waals surface area contributed by atoms with E-state index < -0.39 is 4.92 Å². The van der Waals surface area contributed by atoms with Crippen LogP contribution in [-0.4, -0.2) is 28.5 Å². The number of rotatable bonds is 5. The fourth-order valence-electron chi connectivity index (χ4n) is 1.51. The van der Waals surface area contributed by atoms with Gasteiger partial charge >= 0.3 is 0 Å². The molecule has 0 bridgehead atoms. The zero-order chi connectivity index (χ0) is 13.8. The van der Waals surface area contributed by atoms with Crippen molar-refractivity contribution in [1.29, 1.82) is 0 Å². The zero-order valence-electron chi connectivity index (χ0n) is 9.91. The monoisotopic (exact) mass is 262 g/mol. The van der Waals surface area contributed by atoms with Gasteiger partial charge in [-0.05, 0) is 12.1 Å². The lowest BCUT2D eigenvalue weighted by Crippen LogP contribution is -1.99. The van der Waals surface area contributed by atoms with Gasteiger partial charge in [0.1, 0.15) is 17.3 Å². The van der Waals surface area contributed by atoms with Crippen LogP contribution in [0.1, 0.15) is 10.4 Å². The molecule has 0 aliphatic rings. The third-order valence-electron chi connectivity index (χ3n) is 2.46. The standard InChI is InChI=1S/C11H10N4O4/c1-19-8-2-3-9(10(4-8)15(17)18)13-11-7(6-16)5-12-14-11/h2-6H,1H3,(H2,12,13,14). The summed E-state index contributed by atoms with van der Waals surface area (Å²) in [6.45, 7) is 0. The van der Waals surface area contributed by atoms with Crippen molar-refractivity contribution in [2.45, 2.75) is 0 Å². The molecule has 0 saturated carbocycles. The van der Waals surface area contributed by atoms with E-state index in [0.29, 0.717) is 17.9 Å². The predicted octanol–water partition coefficient (Wildman–Crippen LogP) is 1.88. The van der Waals surface area contributed by atoms with Crippen LogP contribution in [0.15, 0.2) is 24.4 Å². The summed E-state index contributed by atoms with van der Waals surface area (Å²) >= 11 is 0. The van der Waals surface area contributed by atoms with E-state index in [-0.39, 0.29) is 16.9 Å². The molecule has 0 aliphatic carbocycles. The van der Waals surface area contributed by atoms with Gasteiger partial charge in [-0.1, -0.05) is 0 Å². The number of ether oxygens (including phenoxy) is 1. The highest BCUT2D eigenvalue weighted by atomic mass is 16.6. The Balaban J connectivity index is 2.39. The highest BCUT2D eigenvalue weighted by Crippen LogP contribution is 2.31. The van der Waals surface area contributed by atoms with Gasteiger partial charge in [-0.25, -0.2) is 0 Å².